The van der Waals surface area contributed by atoms with Crippen molar-refractivity contribution in [3.8, 4) is 0 Å². The highest BCUT2D eigenvalue weighted by Gasteiger charge is 2.44. The number of rotatable bonds is 4. The van der Waals surface area contributed by atoms with Crippen LogP contribution in [-0.2, 0) is 0 Å². The van der Waals surface area contributed by atoms with Gasteiger partial charge in [-0.3, -0.25) is 0 Å². The minimum Gasteiger partial charge on any atom is -0.146 e. The Kier molecular flexibility index (Phi) is 4.45. The predicted octanol–water partition coefficient (Wildman–Crippen LogP) is 4.51. The zero-order valence-electron chi connectivity index (χ0n) is 7.88. The summed E-state index contributed by atoms with van der Waals surface area (Å²) in [6, 6.07) is 0. The summed E-state index contributed by atoms with van der Waals surface area (Å²) in [5.41, 5.74) is 0. The minimum absolute atomic E-state index is 0.232. The highest BCUT2D eigenvalue weighted by atomic mass is 35.7. The highest BCUT2D eigenvalue weighted by molar-refractivity contribution is 7.46. The minimum atomic E-state index is -1.99. The van der Waals surface area contributed by atoms with Crippen LogP contribution in [0.2, 0.25) is 11.6 Å². The molecule has 0 atom stereocenters. The molecule has 0 N–H and O–H groups in total. The molecule has 0 aliphatic rings. The third-order valence-electron chi connectivity index (χ3n) is 2.96. The van der Waals surface area contributed by atoms with Crippen LogP contribution in [0.15, 0.2) is 0 Å². The summed E-state index contributed by atoms with van der Waals surface area (Å²) in [5.74, 6) is 0. The molecule has 0 bridgehead atoms. The zero-order chi connectivity index (χ0) is 9.12. The lowest BCUT2D eigenvalue weighted by atomic mass is 9.99. The molecule has 0 aromatic rings. The van der Waals surface area contributed by atoms with Gasteiger partial charge < -0.3 is 0 Å². The average Bonchev–Trinajstić information content (AvgIpc) is 1.90. The Morgan fingerprint density at radius 1 is 1.00 bits per heavy atom. The molecule has 0 aromatic carbocycles. The van der Waals surface area contributed by atoms with E-state index in [-0.39, 0.29) is 5.04 Å². The van der Waals surface area contributed by atoms with Gasteiger partial charge in [-0.25, -0.2) is 0 Å². The fraction of sp³-hybridized carbons (Fsp3) is 1.00. The molecule has 0 radical (unpaired) electrons. The molecule has 0 saturated carbocycles. The van der Waals surface area contributed by atoms with Crippen molar-refractivity contribution in [1.82, 2.24) is 0 Å². The molecule has 0 aliphatic heterocycles. The Bertz CT molecular complexity index is 105. The summed E-state index contributed by atoms with van der Waals surface area (Å²) in [6.07, 6.45) is 3.32. The maximum atomic E-state index is 6.26. The Hall–Kier alpha value is 0.797. The van der Waals surface area contributed by atoms with Crippen LogP contribution < -0.4 is 0 Å². The van der Waals surface area contributed by atoms with Crippen molar-refractivity contribution >= 4 is 28.9 Å². The summed E-state index contributed by atoms with van der Waals surface area (Å²) in [5, 5.41) is 0.232. The van der Waals surface area contributed by atoms with E-state index in [9.17, 15) is 0 Å². The van der Waals surface area contributed by atoms with E-state index in [1.807, 2.05) is 6.55 Å². The molecular weight excluding hydrogens is 195 g/mol. The van der Waals surface area contributed by atoms with Crippen LogP contribution in [0, 0.1) is 0 Å². The van der Waals surface area contributed by atoms with Gasteiger partial charge in [-0.2, -0.15) is 0 Å². The van der Waals surface area contributed by atoms with Crippen molar-refractivity contribution in [1.29, 1.82) is 0 Å². The summed E-state index contributed by atoms with van der Waals surface area (Å²) < 4.78 is 0. The molecule has 0 unspecified atom stereocenters. The van der Waals surface area contributed by atoms with Crippen molar-refractivity contribution in [3.63, 3.8) is 0 Å². The van der Waals surface area contributed by atoms with E-state index in [2.05, 4.69) is 20.8 Å². The second-order valence-corrected chi connectivity index (χ2v) is 11.2. The van der Waals surface area contributed by atoms with Gasteiger partial charge in [0.05, 0.1) is 0 Å². The number of halogens is 2. The highest BCUT2D eigenvalue weighted by Crippen LogP contribution is 2.51. The van der Waals surface area contributed by atoms with Crippen LogP contribution in [-0.4, -0.2) is 6.69 Å². The second-order valence-electron chi connectivity index (χ2n) is 3.23. The summed E-state index contributed by atoms with van der Waals surface area (Å²) >= 11 is 12.5. The van der Waals surface area contributed by atoms with Gasteiger partial charge >= 0.3 is 0 Å². The van der Waals surface area contributed by atoms with Crippen LogP contribution in [0.1, 0.15) is 40.0 Å². The first-order valence-corrected chi connectivity index (χ1v) is 8.83. The lowest BCUT2D eigenvalue weighted by molar-refractivity contribution is 0.491. The Balaban J connectivity index is 4.54. The number of hydrogen-bond donors (Lipinski definition) is 0. The molecule has 0 saturated heterocycles. The van der Waals surface area contributed by atoms with Crippen LogP contribution in [0.4, 0.5) is 0 Å². The Morgan fingerprint density at radius 2 is 1.27 bits per heavy atom. The maximum absolute atomic E-state index is 6.26. The first-order chi connectivity index (χ1) is 4.93. The average molecular weight is 213 g/mol. The SMILES string of the molecule is CCC(CC)(CC)[Si](C)(Cl)Cl. The molecule has 0 aliphatic carbocycles. The molecule has 0 spiro atoms. The van der Waals surface area contributed by atoms with Crippen molar-refractivity contribution in [2.45, 2.75) is 51.6 Å². The standard InChI is InChI=1S/C8H18Cl2Si/c1-5-8(6-2,7-3)11(4,9)10/h5-7H2,1-4H3. The van der Waals surface area contributed by atoms with Gasteiger partial charge in [-0.15, -0.1) is 22.2 Å². The molecule has 0 amide bonds. The molecule has 3 heteroatoms. The number of hydrogen-bond acceptors (Lipinski definition) is 0. The normalized spacial score (nSPS) is 13.6. The van der Waals surface area contributed by atoms with E-state index in [1.165, 1.54) is 0 Å². The van der Waals surface area contributed by atoms with Crippen molar-refractivity contribution < 1.29 is 0 Å². The van der Waals surface area contributed by atoms with E-state index in [0.717, 1.165) is 19.3 Å². The summed E-state index contributed by atoms with van der Waals surface area (Å²) in [7, 11) is 0. The van der Waals surface area contributed by atoms with Crippen molar-refractivity contribution in [2.75, 3.05) is 0 Å². The van der Waals surface area contributed by atoms with Gasteiger partial charge in [0.25, 0.3) is 6.69 Å². The van der Waals surface area contributed by atoms with Gasteiger partial charge in [-0.1, -0.05) is 40.0 Å². The van der Waals surface area contributed by atoms with Crippen molar-refractivity contribution in [2.24, 2.45) is 0 Å². The predicted molar refractivity (Wildman–Crippen MR) is 56.9 cm³/mol. The van der Waals surface area contributed by atoms with E-state index < -0.39 is 6.69 Å². The first kappa shape index (κ1) is 11.8. The fourth-order valence-corrected chi connectivity index (χ4v) is 5.95. The molecule has 68 valence electrons. The summed E-state index contributed by atoms with van der Waals surface area (Å²) in [6.45, 7) is 6.59. The molecule has 0 aromatic heterocycles. The van der Waals surface area contributed by atoms with Crippen LogP contribution in [0.3, 0.4) is 0 Å². The van der Waals surface area contributed by atoms with E-state index in [4.69, 9.17) is 22.2 Å². The van der Waals surface area contributed by atoms with Crippen molar-refractivity contribution in [3.05, 3.63) is 0 Å². The molecule has 11 heavy (non-hydrogen) atoms. The fourth-order valence-electron chi connectivity index (χ4n) is 1.68. The molecule has 0 nitrogen and oxygen atoms in total. The molecule has 0 fully saturated rings. The third kappa shape index (κ3) is 2.36. The lowest BCUT2D eigenvalue weighted by Gasteiger charge is -2.37. The smallest absolute Gasteiger partial charge is 0.146 e. The maximum Gasteiger partial charge on any atom is 0.254 e. The quantitative estimate of drug-likeness (QED) is 0.476. The molecular formula is C8H18Cl2Si. The topological polar surface area (TPSA) is 0 Å². The Morgan fingerprint density at radius 3 is 1.27 bits per heavy atom. The third-order valence-corrected chi connectivity index (χ3v) is 8.29. The summed E-state index contributed by atoms with van der Waals surface area (Å²) in [4.78, 5) is 0. The Labute approximate surface area is 80.7 Å². The van der Waals surface area contributed by atoms with Gasteiger partial charge in [0, 0.05) is 0 Å². The largest absolute Gasteiger partial charge is 0.254 e. The van der Waals surface area contributed by atoms with Crippen LogP contribution in [0.25, 0.3) is 0 Å². The van der Waals surface area contributed by atoms with Gasteiger partial charge in [-0.05, 0) is 11.6 Å². The van der Waals surface area contributed by atoms with E-state index in [0.29, 0.717) is 0 Å². The van der Waals surface area contributed by atoms with E-state index in [1.54, 1.807) is 0 Å². The van der Waals surface area contributed by atoms with Gasteiger partial charge in [0.15, 0.2) is 0 Å². The van der Waals surface area contributed by atoms with Gasteiger partial charge in [0.1, 0.15) is 0 Å². The second kappa shape index (κ2) is 4.15. The monoisotopic (exact) mass is 212 g/mol. The first-order valence-electron chi connectivity index (χ1n) is 4.31. The van der Waals surface area contributed by atoms with Crippen LogP contribution >= 0.6 is 22.2 Å². The van der Waals surface area contributed by atoms with E-state index >= 15 is 0 Å². The molecule has 0 rings (SSSR count). The lowest BCUT2D eigenvalue weighted by Crippen LogP contribution is -2.34. The van der Waals surface area contributed by atoms with Crippen LogP contribution in [0.5, 0.6) is 0 Å². The zero-order valence-corrected chi connectivity index (χ0v) is 10.4. The van der Waals surface area contributed by atoms with Gasteiger partial charge in [0.2, 0.25) is 0 Å². The molecule has 0 heterocycles.